The molecule has 0 saturated carbocycles. The first-order valence-electron chi connectivity index (χ1n) is 6.53. The highest BCUT2D eigenvalue weighted by Crippen LogP contribution is 2.25. The summed E-state index contributed by atoms with van der Waals surface area (Å²) in [6.45, 7) is -0.522. The van der Waals surface area contributed by atoms with Crippen molar-refractivity contribution in [3.05, 3.63) is 67.6 Å². The first-order chi connectivity index (χ1) is 11.4. The van der Waals surface area contributed by atoms with Crippen molar-refractivity contribution in [3.63, 3.8) is 0 Å². The van der Waals surface area contributed by atoms with Crippen molar-refractivity contribution in [2.45, 2.75) is 0 Å². The minimum atomic E-state index is -0.836. The minimum Gasteiger partial charge on any atom is -0.452 e. The standard InChI is InChI=1S/C15H10BrClN2O5/c16-12-6-1-9(7-13(12)19(22)23)15(21)24-8-14(20)18-11-4-2-10(17)3-5-11/h1-7H,8H2,(H,18,20). The first-order valence-corrected chi connectivity index (χ1v) is 7.70. The van der Waals surface area contributed by atoms with Crippen LogP contribution in [-0.4, -0.2) is 23.4 Å². The summed E-state index contributed by atoms with van der Waals surface area (Å²) >= 11 is 8.75. The fourth-order valence-electron chi connectivity index (χ4n) is 1.72. The number of benzene rings is 2. The molecule has 1 amide bonds. The Morgan fingerprint density at radius 3 is 2.50 bits per heavy atom. The van der Waals surface area contributed by atoms with Crippen LogP contribution in [0, 0.1) is 10.1 Å². The van der Waals surface area contributed by atoms with Gasteiger partial charge in [-0.05, 0) is 52.3 Å². The number of rotatable bonds is 5. The lowest BCUT2D eigenvalue weighted by Crippen LogP contribution is -2.20. The van der Waals surface area contributed by atoms with E-state index in [-0.39, 0.29) is 15.7 Å². The highest BCUT2D eigenvalue weighted by molar-refractivity contribution is 9.10. The van der Waals surface area contributed by atoms with Gasteiger partial charge in [-0.2, -0.15) is 0 Å². The summed E-state index contributed by atoms with van der Waals surface area (Å²) in [6.07, 6.45) is 0. The molecule has 124 valence electrons. The second kappa shape index (κ2) is 7.89. The number of nitro groups is 1. The number of hydrogen-bond donors (Lipinski definition) is 1. The third kappa shape index (κ3) is 4.77. The molecule has 2 rings (SSSR count). The predicted octanol–water partition coefficient (Wildman–Crippen LogP) is 3.81. The van der Waals surface area contributed by atoms with Crippen LogP contribution in [0.2, 0.25) is 5.02 Å². The topological polar surface area (TPSA) is 98.5 Å². The fraction of sp³-hybridized carbons (Fsp3) is 0.0667. The predicted molar refractivity (Wildman–Crippen MR) is 91.2 cm³/mol. The second-order valence-corrected chi connectivity index (χ2v) is 5.85. The van der Waals surface area contributed by atoms with Crippen LogP contribution in [0.4, 0.5) is 11.4 Å². The van der Waals surface area contributed by atoms with Gasteiger partial charge in [-0.3, -0.25) is 14.9 Å². The van der Waals surface area contributed by atoms with E-state index in [4.69, 9.17) is 16.3 Å². The van der Waals surface area contributed by atoms with Crippen LogP contribution < -0.4 is 5.32 Å². The van der Waals surface area contributed by atoms with E-state index in [9.17, 15) is 19.7 Å². The smallest absolute Gasteiger partial charge is 0.338 e. The van der Waals surface area contributed by atoms with Crippen LogP contribution >= 0.6 is 27.5 Å². The number of esters is 1. The minimum absolute atomic E-state index is 0.0239. The zero-order valence-electron chi connectivity index (χ0n) is 12.0. The summed E-state index contributed by atoms with van der Waals surface area (Å²) in [6, 6.07) is 10.2. The van der Waals surface area contributed by atoms with Gasteiger partial charge in [0, 0.05) is 16.8 Å². The van der Waals surface area contributed by atoms with E-state index in [1.807, 2.05) is 0 Å². The molecule has 0 aliphatic heterocycles. The van der Waals surface area contributed by atoms with Gasteiger partial charge in [0.1, 0.15) is 0 Å². The van der Waals surface area contributed by atoms with Gasteiger partial charge in [-0.25, -0.2) is 4.79 Å². The molecule has 0 spiro atoms. The van der Waals surface area contributed by atoms with Gasteiger partial charge in [0.25, 0.3) is 11.6 Å². The quantitative estimate of drug-likeness (QED) is 0.456. The van der Waals surface area contributed by atoms with Gasteiger partial charge in [0.15, 0.2) is 6.61 Å². The van der Waals surface area contributed by atoms with E-state index < -0.39 is 23.4 Å². The molecular formula is C15H10BrClN2O5. The molecule has 7 nitrogen and oxygen atoms in total. The monoisotopic (exact) mass is 412 g/mol. The Balaban J connectivity index is 1.95. The van der Waals surface area contributed by atoms with Gasteiger partial charge >= 0.3 is 5.97 Å². The number of nitro benzene ring substituents is 1. The normalized spacial score (nSPS) is 10.1. The molecule has 0 saturated heterocycles. The summed E-state index contributed by atoms with van der Waals surface area (Å²) in [4.78, 5) is 33.8. The molecule has 0 heterocycles. The Kier molecular flexibility index (Phi) is 5.88. The van der Waals surface area contributed by atoms with Gasteiger partial charge < -0.3 is 10.1 Å². The van der Waals surface area contributed by atoms with Gasteiger partial charge in [-0.1, -0.05) is 11.6 Å². The number of amides is 1. The molecule has 24 heavy (non-hydrogen) atoms. The molecule has 2 aromatic rings. The summed E-state index contributed by atoms with van der Waals surface area (Å²) < 4.78 is 5.09. The molecule has 1 N–H and O–H groups in total. The van der Waals surface area contributed by atoms with Crippen molar-refractivity contribution in [1.82, 2.24) is 0 Å². The Hall–Kier alpha value is -2.45. The number of ether oxygens (including phenoxy) is 1. The van der Waals surface area contributed by atoms with E-state index in [2.05, 4.69) is 21.2 Å². The Bertz CT molecular complexity index is 795. The van der Waals surface area contributed by atoms with Crippen LogP contribution in [0.15, 0.2) is 46.9 Å². The highest BCUT2D eigenvalue weighted by atomic mass is 79.9. The van der Waals surface area contributed by atoms with Crippen molar-refractivity contribution in [2.24, 2.45) is 0 Å². The lowest BCUT2D eigenvalue weighted by molar-refractivity contribution is -0.385. The highest BCUT2D eigenvalue weighted by Gasteiger charge is 2.17. The molecule has 0 bridgehead atoms. The zero-order valence-corrected chi connectivity index (χ0v) is 14.3. The van der Waals surface area contributed by atoms with Crippen molar-refractivity contribution in [3.8, 4) is 0 Å². The number of carbonyl (C=O) groups excluding carboxylic acids is 2. The molecule has 0 atom stereocenters. The van der Waals surface area contributed by atoms with E-state index >= 15 is 0 Å². The third-order valence-electron chi connectivity index (χ3n) is 2.84. The maximum Gasteiger partial charge on any atom is 0.338 e. The number of halogens is 2. The third-order valence-corrected chi connectivity index (χ3v) is 3.76. The van der Waals surface area contributed by atoms with E-state index in [1.165, 1.54) is 12.1 Å². The van der Waals surface area contributed by atoms with Crippen LogP contribution in [0.1, 0.15) is 10.4 Å². The molecule has 9 heteroatoms. The lowest BCUT2D eigenvalue weighted by Gasteiger charge is -2.07. The average Bonchev–Trinajstić information content (AvgIpc) is 2.55. The molecule has 0 fully saturated rings. The van der Waals surface area contributed by atoms with Gasteiger partial charge in [0.2, 0.25) is 0 Å². The van der Waals surface area contributed by atoms with Gasteiger partial charge in [-0.15, -0.1) is 0 Å². The summed E-state index contributed by atoms with van der Waals surface area (Å²) in [5, 5.41) is 13.9. The average molecular weight is 414 g/mol. The second-order valence-electron chi connectivity index (χ2n) is 4.55. The number of hydrogen-bond acceptors (Lipinski definition) is 5. The molecule has 2 aromatic carbocycles. The maximum absolute atomic E-state index is 11.9. The van der Waals surface area contributed by atoms with E-state index in [0.717, 1.165) is 6.07 Å². The van der Waals surface area contributed by atoms with Crippen molar-refractivity contribution >= 4 is 50.8 Å². The molecule has 0 aliphatic carbocycles. The van der Waals surface area contributed by atoms with Crippen LogP contribution in [0.3, 0.4) is 0 Å². The fourth-order valence-corrected chi connectivity index (χ4v) is 2.24. The molecule has 0 radical (unpaired) electrons. The number of nitrogens with one attached hydrogen (secondary N) is 1. The molecular weight excluding hydrogens is 404 g/mol. The largest absolute Gasteiger partial charge is 0.452 e. The summed E-state index contributed by atoms with van der Waals surface area (Å²) in [5.74, 6) is -1.38. The maximum atomic E-state index is 11.9. The first kappa shape index (κ1) is 17.9. The Morgan fingerprint density at radius 1 is 1.21 bits per heavy atom. The van der Waals surface area contributed by atoms with Crippen molar-refractivity contribution < 1.29 is 19.2 Å². The van der Waals surface area contributed by atoms with Crippen LogP contribution in [-0.2, 0) is 9.53 Å². The molecule has 0 aromatic heterocycles. The SMILES string of the molecule is O=C(COC(=O)c1ccc(Br)c([N+](=O)[O-])c1)Nc1ccc(Cl)cc1. The molecule has 0 aliphatic rings. The van der Waals surface area contributed by atoms with E-state index in [0.29, 0.717) is 10.7 Å². The van der Waals surface area contributed by atoms with Gasteiger partial charge in [0.05, 0.1) is 15.0 Å². The van der Waals surface area contributed by atoms with Crippen molar-refractivity contribution in [1.29, 1.82) is 0 Å². The lowest BCUT2D eigenvalue weighted by atomic mass is 10.2. The summed E-state index contributed by atoms with van der Waals surface area (Å²) in [5.41, 5.74) is 0.207. The van der Waals surface area contributed by atoms with Crippen LogP contribution in [0.5, 0.6) is 0 Å². The van der Waals surface area contributed by atoms with Crippen molar-refractivity contribution in [2.75, 3.05) is 11.9 Å². The number of carbonyl (C=O) groups is 2. The molecule has 0 unspecified atom stereocenters. The Morgan fingerprint density at radius 2 is 1.88 bits per heavy atom. The number of anilines is 1. The number of nitrogens with zero attached hydrogens (tertiary/aromatic N) is 1. The zero-order chi connectivity index (χ0) is 17.7. The Labute approximate surface area is 149 Å². The van der Waals surface area contributed by atoms with Crippen LogP contribution in [0.25, 0.3) is 0 Å². The van der Waals surface area contributed by atoms with E-state index in [1.54, 1.807) is 24.3 Å². The summed E-state index contributed by atoms with van der Waals surface area (Å²) in [7, 11) is 0.